The number of amides is 2. The summed E-state index contributed by atoms with van der Waals surface area (Å²) in [5, 5.41) is 2.80. The van der Waals surface area contributed by atoms with Gasteiger partial charge in [0.05, 0.1) is 0 Å². The van der Waals surface area contributed by atoms with E-state index < -0.39 is 0 Å². The Hall–Kier alpha value is -2.62. The molecule has 0 aliphatic rings. The van der Waals surface area contributed by atoms with Crippen LogP contribution < -0.4 is 5.32 Å². The molecule has 24 heavy (non-hydrogen) atoms. The average Bonchev–Trinajstić information content (AvgIpc) is 2.61. The molecular formula is C20H24N2O2. The quantitative estimate of drug-likeness (QED) is 0.884. The van der Waals surface area contributed by atoms with E-state index in [0.29, 0.717) is 25.2 Å². The van der Waals surface area contributed by atoms with Gasteiger partial charge in [-0.1, -0.05) is 30.3 Å². The van der Waals surface area contributed by atoms with Crippen molar-refractivity contribution in [1.82, 2.24) is 10.2 Å². The van der Waals surface area contributed by atoms with Crippen LogP contribution in [0.25, 0.3) is 11.1 Å². The summed E-state index contributed by atoms with van der Waals surface area (Å²) in [6.45, 7) is 7.41. The summed E-state index contributed by atoms with van der Waals surface area (Å²) in [5.41, 5.74) is 3.87. The molecule has 1 N–H and O–H groups in total. The van der Waals surface area contributed by atoms with E-state index in [9.17, 15) is 9.59 Å². The molecule has 2 aromatic rings. The predicted molar refractivity (Wildman–Crippen MR) is 96.7 cm³/mol. The molecule has 0 bridgehead atoms. The van der Waals surface area contributed by atoms with Gasteiger partial charge in [0, 0.05) is 32.1 Å². The van der Waals surface area contributed by atoms with E-state index in [1.165, 1.54) is 6.92 Å². The third kappa shape index (κ3) is 4.44. The Balaban J connectivity index is 2.17. The summed E-state index contributed by atoms with van der Waals surface area (Å²) in [4.78, 5) is 25.2. The van der Waals surface area contributed by atoms with Crippen LogP contribution in [0, 0.1) is 0 Å². The Morgan fingerprint density at radius 1 is 0.958 bits per heavy atom. The van der Waals surface area contributed by atoms with Gasteiger partial charge in [0.25, 0.3) is 5.91 Å². The summed E-state index contributed by atoms with van der Waals surface area (Å²) < 4.78 is 0. The monoisotopic (exact) mass is 324 g/mol. The molecular weight excluding hydrogens is 300 g/mol. The van der Waals surface area contributed by atoms with E-state index >= 15 is 0 Å². The molecule has 0 atom stereocenters. The second-order valence-electron chi connectivity index (χ2n) is 5.66. The third-order valence-corrected chi connectivity index (χ3v) is 3.98. The first-order chi connectivity index (χ1) is 11.5. The number of carbonyl (C=O) groups excluding carboxylic acids is 2. The number of benzene rings is 2. The minimum Gasteiger partial charge on any atom is -0.352 e. The summed E-state index contributed by atoms with van der Waals surface area (Å²) >= 11 is 0. The van der Waals surface area contributed by atoms with Crippen molar-refractivity contribution in [3.8, 4) is 11.1 Å². The van der Waals surface area contributed by atoms with Gasteiger partial charge in [-0.25, -0.2) is 0 Å². The Labute approximate surface area is 143 Å². The van der Waals surface area contributed by atoms with Crippen molar-refractivity contribution < 1.29 is 9.59 Å². The maximum atomic E-state index is 12.3. The van der Waals surface area contributed by atoms with Crippen molar-refractivity contribution in [1.29, 1.82) is 0 Å². The lowest BCUT2D eigenvalue weighted by Gasteiger charge is -2.18. The van der Waals surface area contributed by atoms with Crippen LogP contribution in [0.4, 0.5) is 0 Å². The number of hydrogen-bond donors (Lipinski definition) is 1. The highest BCUT2D eigenvalue weighted by Crippen LogP contribution is 2.21. The standard InChI is InChI=1S/C20H24N2O2/c1-4-22(5-2)20(24)18-11-9-17(10-12-18)19-8-6-7-16(13-19)14-21-15(3)23/h6-13H,4-5,14H2,1-3H3,(H,21,23). The maximum absolute atomic E-state index is 12.3. The molecule has 0 aliphatic heterocycles. The first-order valence-corrected chi connectivity index (χ1v) is 8.28. The second-order valence-corrected chi connectivity index (χ2v) is 5.66. The summed E-state index contributed by atoms with van der Waals surface area (Å²) in [7, 11) is 0. The first-order valence-electron chi connectivity index (χ1n) is 8.28. The van der Waals surface area contributed by atoms with Gasteiger partial charge in [-0.05, 0) is 48.7 Å². The van der Waals surface area contributed by atoms with Crippen molar-refractivity contribution in [2.75, 3.05) is 13.1 Å². The lowest BCUT2D eigenvalue weighted by atomic mass is 10.0. The van der Waals surface area contributed by atoms with E-state index in [4.69, 9.17) is 0 Å². The molecule has 2 aromatic carbocycles. The lowest BCUT2D eigenvalue weighted by molar-refractivity contribution is -0.119. The molecule has 4 heteroatoms. The van der Waals surface area contributed by atoms with Crippen molar-refractivity contribution in [2.45, 2.75) is 27.3 Å². The number of hydrogen-bond acceptors (Lipinski definition) is 2. The smallest absolute Gasteiger partial charge is 0.253 e. The van der Waals surface area contributed by atoms with E-state index in [1.807, 2.05) is 61.2 Å². The molecule has 0 saturated heterocycles. The molecule has 4 nitrogen and oxygen atoms in total. The van der Waals surface area contributed by atoms with Crippen LogP contribution in [0.5, 0.6) is 0 Å². The molecule has 0 radical (unpaired) electrons. The normalized spacial score (nSPS) is 10.3. The van der Waals surface area contributed by atoms with Gasteiger partial charge in [-0.15, -0.1) is 0 Å². The highest BCUT2D eigenvalue weighted by Gasteiger charge is 2.12. The van der Waals surface area contributed by atoms with E-state index in [-0.39, 0.29) is 11.8 Å². The number of nitrogens with zero attached hydrogens (tertiary/aromatic N) is 1. The molecule has 0 spiro atoms. The fourth-order valence-electron chi connectivity index (χ4n) is 2.59. The Morgan fingerprint density at radius 3 is 2.21 bits per heavy atom. The molecule has 2 rings (SSSR count). The molecule has 2 amide bonds. The van der Waals surface area contributed by atoms with Gasteiger partial charge in [0.1, 0.15) is 0 Å². The first kappa shape index (κ1) is 17.7. The minimum atomic E-state index is -0.0420. The fourth-order valence-corrected chi connectivity index (χ4v) is 2.59. The third-order valence-electron chi connectivity index (χ3n) is 3.98. The molecule has 0 unspecified atom stereocenters. The molecule has 0 heterocycles. The topological polar surface area (TPSA) is 49.4 Å². The minimum absolute atomic E-state index is 0.0420. The van der Waals surface area contributed by atoms with Crippen LogP contribution in [0.2, 0.25) is 0 Å². The molecule has 0 fully saturated rings. The second kappa shape index (κ2) is 8.29. The fraction of sp³-hybridized carbons (Fsp3) is 0.300. The van der Waals surface area contributed by atoms with Gasteiger partial charge in [-0.2, -0.15) is 0 Å². The zero-order valence-corrected chi connectivity index (χ0v) is 14.5. The average molecular weight is 324 g/mol. The van der Waals surface area contributed by atoms with Crippen molar-refractivity contribution in [2.24, 2.45) is 0 Å². The largest absolute Gasteiger partial charge is 0.352 e. The van der Waals surface area contributed by atoms with Crippen LogP contribution in [-0.4, -0.2) is 29.8 Å². The molecule has 0 aromatic heterocycles. The van der Waals surface area contributed by atoms with Gasteiger partial charge in [0.2, 0.25) is 5.91 Å². The number of carbonyl (C=O) groups is 2. The van der Waals surface area contributed by atoms with E-state index in [1.54, 1.807) is 0 Å². The zero-order valence-electron chi connectivity index (χ0n) is 14.5. The number of rotatable bonds is 6. The van der Waals surface area contributed by atoms with Gasteiger partial charge in [0.15, 0.2) is 0 Å². The van der Waals surface area contributed by atoms with Crippen molar-refractivity contribution in [3.63, 3.8) is 0 Å². The Bertz CT molecular complexity index is 704. The van der Waals surface area contributed by atoms with Crippen molar-refractivity contribution >= 4 is 11.8 Å². The van der Waals surface area contributed by atoms with Gasteiger partial charge >= 0.3 is 0 Å². The summed E-state index contributed by atoms with van der Waals surface area (Å²) in [5.74, 6) is 0.0191. The summed E-state index contributed by atoms with van der Waals surface area (Å²) in [6.07, 6.45) is 0. The predicted octanol–water partition coefficient (Wildman–Crippen LogP) is 3.47. The maximum Gasteiger partial charge on any atom is 0.253 e. The van der Waals surface area contributed by atoms with Gasteiger partial charge in [-0.3, -0.25) is 9.59 Å². The van der Waals surface area contributed by atoms with Crippen LogP contribution >= 0.6 is 0 Å². The lowest BCUT2D eigenvalue weighted by Crippen LogP contribution is -2.30. The molecule has 0 saturated carbocycles. The Kier molecular flexibility index (Phi) is 6.13. The SMILES string of the molecule is CCN(CC)C(=O)c1ccc(-c2cccc(CNC(C)=O)c2)cc1. The van der Waals surface area contributed by atoms with Crippen molar-refractivity contribution in [3.05, 3.63) is 59.7 Å². The molecule has 126 valence electrons. The van der Waals surface area contributed by atoms with E-state index in [2.05, 4.69) is 11.4 Å². The van der Waals surface area contributed by atoms with Crippen LogP contribution in [0.15, 0.2) is 48.5 Å². The van der Waals surface area contributed by atoms with Crippen LogP contribution in [0.1, 0.15) is 36.7 Å². The zero-order chi connectivity index (χ0) is 17.5. The number of nitrogens with one attached hydrogen (secondary N) is 1. The van der Waals surface area contributed by atoms with Gasteiger partial charge < -0.3 is 10.2 Å². The highest BCUT2D eigenvalue weighted by atomic mass is 16.2. The van der Waals surface area contributed by atoms with Crippen LogP contribution in [0.3, 0.4) is 0 Å². The van der Waals surface area contributed by atoms with E-state index in [0.717, 1.165) is 16.7 Å². The Morgan fingerprint density at radius 2 is 1.62 bits per heavy atom. The highest BCUT2D eigenvalue weighted by molar-refractivity contribution is 5.94. The van der Waals surface area contributed by atoms with Crippen LogP contribution in [-0.2, 0) is 11.3 Å². The molecule has 0 aliphatic carbocycles. The summed E-state index contributed by atoms with van der Waals surface area (Å²) in [6, 6.07) is 15.7.